The first-order valence-electron chi connectivity index (χ1n) is 4.26. The smallest absolute Gasteiger partial charge is 0.225 e. The van der Waals surface area contributed by atoms with Gasteiger partial charge in [-0.25, -0.2) is 0 Å². The number of hydrogen-bond donors (Lipinski definition) is 1. The summed E-state index contributed by atoms with van der Waals surface area (Å²) >= 11 is 3.21. The summed E-state index contributed by atoms with van der Waals surface area (Å²) in [5.74, 6) is 0.733. The van der Waals surface area contributed by atoms with Gasteiger partial charge >= 0.3 is 0 Å². The molecule has 0 bridgehead atoms. The summed E-state index contributed by atoms with van der Waals surface area (Å²) in [6.45, 7) is 0. The molecule has 0 unspecified atom stereocenters. The molecule has 4 heteroatoms. The standard InChI is InChI=1S/C10H12BrNO2/c1-14-9-4-2-3-8(7-9)12-10(13)5-6-11/h2-4,7H,5-6H2,1H3,(H,12,13). The molecule has 0 aliphatic heterocycles. The average Bonchev–Trinajstić information content (AvgIpc) is 2.18. The minimum absolute atomic E-state index is 0.00451. The lowest BCUT2D eigenvalue weighted by Gasteiger charge is -2.05. The molecule has 0 atom stereocenters. The van der Waals surface area contributed by atoms with Crippen LogP contribution in [0, 0.1) is 0 Å². The minimum Gasteiger partial charge on any atom is -0.497 e. The number of carbonyl (C=O) groups is 1. The number of ether oxygens (including phenoxy) is 1. The summed E-state index contributed by atoms with van der Waals surface area (Å²) in [6.07, 6.45) is 0.469. The van der Waals surface area contributed by atoms with Gasteiger partial charge in [-0.05, 0) is 12.1 Å². The quantitative estimate of drug-likeness (QED) is 0.842. The van der Waals surface area contributed by atoms with E-state index in [-0.39, 0.29) is 5.91 Å². The van der Waals surface area contributed by atoms with E-state index in [0.29, 0.717) is 11.8 Å². The second-order valence-corrected chi connectivity index (χ2v) is 3.51. The number of carbonyl (C=O) groups excluding carboxylic acids is 1. The van der Waals surface area contributed by atoms with Crippen molar-refractivity contribution in [3.8, 4) is 5.75 Å². The van der Waals surface area contributed by atoms with Crippen LogP contribution in [-0.4, -0.2) is 18.3 Å². The van der Waals surface area contributed by atoms with Gasteiger partial charge in [0.05, 0.1) is 7.11 Å². The SMILES string of the molecule is COc1cccc(NC(=O)CCBr)c1. The third-order valence-corrected chi connectivity index (χ3v) is 2.07. The number of alkyl halides is 1. The zero-order valence-corrected chi connectivity index (χ0v) is 9.50. The van der Waals surface area contributed by atoms with Crippen molar-refractivity contribution in [1.82, 2.24) is 0 Å². The molecule has 3 nitrogen and oxygen atoms in total. The lowest BCUT2D eigenvalue weighted by molar-refractivity contribution is -0.115. The molecule has 0 aliphatic rings. The van der Waals surface area contributed by atoms with Crippen molar-refractivity contribution in [3.05, 3.63) is 24.3 Å². The van der Waals surface area contributed by atoms with E-state index in [1.54, 1.807) is 13.2 Å². The Morgan fingerprint density at radius 2 is 2.36 bits per heavy atom. The maximum atomic E-state index is 11.2. The number of halogens is 1. The molecule has 1 aromatic rings. The molecular formula is C10H12BrNO2. The van der Waals surface area contributed by atoms with E-state index < -0.39 is 0 Å². The first-order valence-corrected chi connectivity index (χ1v) is 5.38. The zero-order chi connectivity index (χ0) is 10.4. The van der Waals surface area contributed by atoms with Crippen molar-refractivity contribution in [2.75, 3.05) is 17.8 Å². The molecule has 0 aliphatic carbocycles. The average molecular weight is 258 g/mol. The molecule has 76 valence electrons. The molecular weight excluding hydrogens is 246 g/mol. The largest absolute Gasteiger partial charge is 0.497 e. The summed E-state index contributed by atoms with van der Waals surface area (Å²) < 4.78 is 5.04. The van der Waals surface area contributed by atoms with Crippen LogP contribution in [0.25, 0.3) is 0 Å². The van der Waals surface area contributed by atoms with Gasteiger partial charge in [0.2, 0.25) is 5.91 Å². The van der Waals surface area contributed by atoms with Crippen LogP contribution >= 0.6 is 15.9 Å². The molecule has 0 aromatic heterocycles. The van der Waals surface area contributed by atoms with E-state index in [4.69, 9.17) is 4.74 Å². The van der Waals surface area contributed by atoms with Crippen molar-refractivity contribution in [2.45, 2.75) is 6.42 Å². The van der Waals surface area contributed by atoms with E-state index in [1.165, 1.54) is 0 Å². The summed E-state index contributed by atoms with van der Waals surface area (Å²) in [5, 5.41) is 3.44. The van der Waals surface area contributed by atoms with Gasteiger partial charge in [-0.1, -0.05) is 22.0 Å². The Morgan fingerprint density at radius 3 is 3.00 bits per heavy atom. The predicted molar refractivity (Wildman–Crippen MR) is 60.0 cm³/mol. The van der Waals surface area contributed by atoms with Crippen molar-refractivity contribution < 1.29 is 9.53 Å². The van der Waals surface area contributed by atoms with Gasteiger partial charge in [-0.15, -0.1) is 0 Å². The number of rotatable bonds is 4. The first-order chi connectivity index (χ1) is 6.76. The van der Waals surface area contributed by atoms with E-state index >= 15 is 0 Å². The minimum atomic E-state index is -0.00451. The van der Waals surface area contributed by atoms with Gasteiger partial charge in [0.25, 0.3) is 0 Å². The summed E-state index contributed by atoms with van der Waals surface area (Å²) in [5.41, 5.74) is 0.760. The third-order valence-electron chi connectivity index (χ3n) is 1.68. The van der Waals surface area contributed by atoms with E-state index in [9.17, 15) is 4.79 Å². The van der Waals surface area contributed by atoms with E-state index in [2.05, 4.69) is 21.2 Å². The molecule has 0 heterocycles. The highest BCUT2D eigenvalue weighted by molar-refractivity contribution is 9.09. The summed E-state index contributed by atoms with van der Waals surface area (Å²) in [6, 6.07) is 7.28. The van der Waals surface area contributed by atoms with E-state index in [0.717, 1.165) is 11.4 Å². The molecule has 0 spiro atoms. The Morgan fingerprint density at radius 1 is 1.57 bits per heavy atom. The number of methoxy groups -OCH3 is 1. The van der Waals surface area contributed by atoms with Crippen LogP contribution in [0.1, 0.15) is 6.42 Å². The molecule has 1 aromatic carbocycles. The fourth-order valence-electron chi connectivity index (χ4n) is 1.01. The Labute approximate surface area is 91.6 Å². The number of hydrogen-bond acceptors (Lipinski definition) is 2. The first kappa shape index (κ1) is 11.0. The fraction of sp³-hybridized carbons (Fsp3) is 0.300. The molecule has 1 N–H and O–H groups in total. The van der Waals surface area contributed by atoms with Gasteiger partial charge in [-0.2, -0.15) is 0 Å². The van der Waals surface area contributed by atoms with Crippen LogP contribution in [-0.2, 0) is 4.79 Å². The number of anilines is 1. The van der Waals surface area contributed by atoms with Crippen LogP contribution < -0.4 is 10.1 Å². The molecule has 1 amide bonds. The van der Waals surface area contributed by atoms with Crippen LogP contribution in [0.3, 0.4) is 0 Å². The molecule has 0 saturated heterocycles. The summed E-state index contributed by atoms with van der Waals surface area (Å²) in [4.78, 5) is 11.2. The van der Waals surface area contributed by atoms with Gasteiger partial charge in [0, 0.05) is 23.5 Å². The summed E-state index contributed by atoms with van der Waals surface area (Å²) in [7, 11) is 1.60. The van der Waals surface area contributed by atoms with Crippen molar-refractivity contribution in [2.24, 2.45) is 0 Å². The molecule has 0 saturated carbocycles. The molecule has 14 heavy (non-hydrogen) atoms. The lowest BCUT2D eigenvalue weighted by Crippen LogP contribution is -2.11. The lowest BCUT2D eigenvalue weighted by atomic mass is 10.3. The van der Waals surface area contributed by atoms with Gasteiger partial charge in [-0.3, -0.25) is 4.79 Å². The Bertz CT molecular complexity index is 315. The molecule has 0 fully saturated rings. The zero-order valence-electron chi connectivity index (χ0n) is 7.92. The molecule has 0 radical (unpaired) electrons. The highest BCUT2D eigenvalue weighted by atomic mass is 79.9. The van der Waals surface area contributed by atoms with E-state index in [1.807, 2.05) is 18.2 Å². The number of nitrogens with one attached hydrogen (secondary N) is 1. The maximum Gasteiger partial charge on any atom is 0.225 e. The highest BCUT2D eigenvalue weighted by Gasteiger charge is 2.01. The van der Waals surface area contributed by atoms with Gasteiger partial charge in [0.1, 0.15) is 5.75 Å². The topological polar surface area (TPSA) is 38.3 Å². The van der Waals surface area contributed by atoms with Gasteiger partial charge < -0.3 is 10.1 Å². The number of benzene rings is 1. The van der Waals surface area contributed by atoms with Crippen molar-refractivity contribution in [3.63, 3.8) is 0 Å². The fourth-order valence-corrected chi connectivity index (χ4v) is 1.37. The second-order valence-electron chi connectivity index (χ2n) is 2.72. The van der Waals surface area contributed by atoms with Gasteiger partial charge in [0.15, 0.2) is 0 Å². The Kier molecular flexibility index (Phi) is 4.46. The highest BCUT2D eigenvalue weighted by Crippen LogP contribution is 2.16. The predicted octanol–water partition coefficient (Wildman–Crippen LogP) is 2.42. The Hall–Kier alpha value is -1.03. The third kappa shape index (κ3) is 3.38. The monoisotopic (exact) mass is 257 g/mol. The van der Waals surface area contributed by atoms with Crippen LogP contribution in [0.4, 0.5) is 5.69 Å². The molecule has 1 rings (SSSR count). The van der Waals surface area contributed by atoms with Crippen LogP contribution in [0.2, 0.25) is 0 Å². The maximum absolute atomic E-state index is 11.2. The van der Waals surface area contributed by atoms with Crippen LogP contribution in [0.15, 0.2) is 24.3 Å². The second kappa shape index (κ2) is 5.65. The number of amides is 1. The normalized spacial score (nSPS) is 9.57. The van der Waals surface area contributed by atoms with Crippen molar-refractivity contribution >= 4 is 27.5 Å². The van der Waals surface area contributed by atoms with Crippen molar-refractivity contribution in [1.29, 1.82) is 0 Å². The van der Waals surface area contributed by atoms with Crippen LogP contribution in [0.5, 0.6) is 5.75 Å². The Balaban J connectivity index is 2.62.